The smallest absolute Gasteiger partial charge is 0.145 e. The summed E-state index contributed by atoms with van der Waals surface area (Å²) in [5, 5.41) is 19.4. The van der Waals surface area contributed by atoms with Crippen molar-refractivity contribution in [2.45, 2.75) is 39.2 Å². The van der Waals surface area contributed by atoms with E-state index in [4.69, 9.17) is 10.1 Å². The quantitative estimate of drug-likeness (QED) is 0.523. The Labute approximate surface area is 187 Å². The molecule has 1 aromatic heterocycles. The van der Waals surface area contributed by atoms with Crippen LogP contribution in [0.5, 0.6) is 5.75 Å². The first kappa shape index (κ1) is 20.4. The Balaban J connectivity index is 1.39. The molecule has 0 radical (unpaired) electrons. The summed E-state index contributed by atoms with van der Waals surface area (Å²) in [4.78, 5) is 12.2. The van der Waals surface area contributed by atoms with Gasteiger partial charge in [0.25, 0.3) is 0 Å². The van der Waals surface area contributed by atoms with E-state index in [1.807, 2.05) is 44.2 Å². The number of aromatic amines is 1. The second kappa shape index (κ2) is 8.22. The average molecular weight is 432 g/mol. The van der Waals surface area contributed by atoms with Gasteiger partial charge in [-0.3, -0.25) is 5.41 Å². The molecule has 1 fully saturated rings. The van der Waals surface area contributed by atoms with Crippen LogP contribution in [0.2, 0.25) is 0 Å². The van der Waals surface area contributed by atoms with Gasteiger partial charge >= 0.3 is 0 Å². The van der Waals surface area contributed by atoms with Gasteiger partial charge in [0, 0.05) is 24.5 Å². The third-order valence-corrected chi connectivity index (χ3v) is 6.05. The number of hydrogen-bond donors (Lipinski definition) is 3. The molecule has 5 rings (SSSR count). The van der Waals surface area contributed by atoms with Crippen molar-refractivity contribution < 1.29 is 9.84 Å². The number of nitrogens with one attached hydrogen (secondary N) is 2. The Morgan fingerprint density at radius 1 is 1.03 bits per heavy atom. The Morgan fingerprint density at radius 3 is 2.47 bits per heavy atom. The van der Waals surface area contributed by atoms with Crippen LogP contribution < -0.4 is 14.5 Å². The van der Waals surface area contributed by atoms with E-state index in [1.165, 1.54) is 24.9 Å². The van der Waals surface area contributed by atoms with Gasteiger partial charge in [-0.05, 0) is 75.6 Å². The molecule has 2 aliphatic rings. The first-order valence-corrected chi connectivity index (χ1v) is 11.3. The Kier molecular flexibility index (Phi) is 5.25. The van der Waals surface area contributed by atoms with E-state index in [9.17, 15) is 5.11 Å². The lowest BCUT2D eigenvalue weighted by molar-refractivity contribution is 0.242. The molecule has 0 bridgehead atoms. The summed E-state index contributed by atoms with van der Waals surface area (Å²) >= 11 is 0. The molecule has 32 heavy (non-hydrogen) atoms. The molecule has 7 heteroatoms. The van der Waals surface area contributed by atoms with Crippen LogP contribution in [0.15, 0.2) is 48.2 Å². The van der Waals surface area contributed by atoms with Crippen LogP contribution in [0.25, 0.3) is 16.6 Å². The topological polar surface area (TPSA) is 88.5 Å². The maximum Gasteiger partial charge on any atom is 0.145 e. The number of aliphatic hydroxyl groups is 1. The average Bonchev–Trinajstić information content (AvgIpc) is 3.33. The molecular formula is C25H29N5O2. The van der Waals surface area contributed by atoms with Crippen LogP contribution in [0.3, 0.4) is 0 Å². The molecule has 3 N–H and O–H groups in total. The second-order valence-corrected chi connectivity index (χ2v) is 8.75. The van der Waals surface area contributed by atoms with Crippen molar-refractivity contribution in [1.82, 2.24) is 9.97 Å². The molecule has 3 heterocycles. The summed E-state index contributed by atoms with van der Waals surface area (Å²) in [6.45, 7) is 6.38. The van der Waals surface area contributed by atoms with Crippen LogP contribution in [0.4, 0.5) is 11.4 Å². The molecule has 1 saturated heterocycles. The molecular weight excluding hydrogens is 402 g/mol. The molecule has 3 aromatic rings. The highest BCUT2D eigenvalue weighted by atomic mass is 16.5. The molecule has 166 valence electrons. The predicted molar refractivity (Wildman–Crippen MR) is 129 cm³/mol. The van der Waals surface area contributed by atoms with Crippen LogP contribution in [-0.4, -0.2) is 46.6 Å². The van der Waals surface area contributed by atoms with E-state index >= 15 is 0 Å². The van der Waals surface area contributed by atoms with Crippen LogP contribution in [0, 0.1) is 5.41 Å². The third-order valence-electron chi connectivity index (χ3n) is 6.05. The van der Waals surface area contributed by atoms with Crippen LogP contribution >= 0.6 is 0 Å². The van der Waals surface area contributed by atoms with Gasteiger partial charge in [-0.2, -0.15) is 0 Å². The number of piperidine rings is 1. The maximum absolute atomic E-state index is 10.7. The van der Waals surface area contributed by atoms with E-state index < -0.39 is 0 Å². The minimum absolute atomic E-state index is 0.103. The van der Waals surface area contributed by atoms with Gasteiger partial charge < -0.3 is 24.6 Å². The van der Waals surface area contributed by atoms with Crippen molar-refractivity contribution >= 4 is 33.8 Å². The Hall–Kier alpha value is -3.48. The Bertz CT molecular complexity index is 1170. The number of nitrogens with zero attached hydrogens (tertiary/aromatic N) is 3. The molecule has 0 saturated carbocycles. The van der Waals surface area contributed by atoms with Gasteiger partial charge in [-0.15, -0.1) is 0 Å². The van der Waals surface area contributed by atoms with E-state index in [0.717, 1.165) is 35.6 Å². The van der Waals surface area contributed by atoms with Gasteiger partial charge in [-0.25, -0.2) is 4.98 Å². The lowest BCUT2D eigenvalue weighted by Gasteiger charge is -2.28. The fourth-order valence-electron chi connectivity index (χ4n) is 4.49. The van der Waals surface area contributed by atoms with Crippen molar-refractivity contribution in [3.8, 4) is 5.75 Å². The number of rotatable bonds is 5. The number of amidine groups is 1. The van der Waals surface area contributed by atoms with Gasteiger partial charge in [0.05, 0.1) is 29.3 Å². The minimum atomic E-state index is 0.103. The maximum atomic E-state index is 10.7. The highest BCUT2D eigenvalue weighted by molar-refractivity contribution is 6.30. The van der Waals surface area contributed by atoms with Crippen LogP contribution in [0.1, 0.15) is 38.9 Å². The van der Waals surface area contributed by atoms with E-state index in [-0.39, 0.29) is 24.2 Å². The second-order valence-electron chi connectivity index (χ2n) is 8.75. The van der Waals surface area contributed by atoms with E-state index in [2.05, 4.69) is 27.0 Å². The monoisotopic (exact) mass is 431 g/mol. The fourth-order valence-corrected chi connectivity index (χ4v) is 4.49. The molecule has 0 amide bonds. The highest BCUT2D eigenvalue weighted by Crippen LogP contribution is 2.32. The van der Waals surface area contributed by atoms with Gasteiger partial charge in [-0.1, -0.05) is 0 Å². The van der Waals surface area contributed by atoms with Gasteiger partial charge in [0.2, 0.25) is 0 Å². The third kappa shape index (κ3) is 3.79. The highest BCUT2D eigenvalue weighted by Gasteiger charge is 2.31. The van der Waals surface area contributed by atoms with Crippen molar-refractivity contribution in [1.29, 1.82) is 5.41 Å². The number of H-pyrrole nitrogens is 1. The van der Waals surface area contributed by atoms with Gasteiger partial charge in [0.15, 0.2) is 0 Å². The number of aromatic nitrogens is 2. The van der Waals surface area contributed by atoms with Crippen LogP contribution in [-0.2, 0) is 0 Å². The summed E-state index contributed by atoms with van der Waals surface area (Å²) in [6.07, 6.45) is 3.86. The molecule has 7 nitrogen and oxygen atoms in total. The fraction of sp³-hybridized carbons (Fsp3) is 0.360. The van der Waals surface area contributed by atoms with Crippen molar-refractivity contribution in [2.75, 3.05) is 29.4 Å². The van der Waals surface area contributed by atoms with E-state index in [0.29, 0.717) is 11.4 Å². The number of aliphatic hydroxyl groups excluding tert-OH is 1. The molecule has 2 aliphatic heterocycles. The number of anilines is 2. The van der Waals surface area contributed by atoms with E-state index in [1.54, 1.807) is 4.90 Å². The minimum Gasteiger partial charge on any atom is -0.509 e. The zero-order valence-corrected chi connectivity index (χ0v) is 18.6. The number of fused-ring (bicyclic) bond motifs is 1. The number of benzene rings is 2. The Morgan fingerprint density at radius 2 is 1.75 bits per heavy atom. The number of ether oxygens (including phenoxy) is 1. The van der Waals surface area contributed by atoms with Crippen molar-refractivity contribution in [3.05, 3.63) is 54.0 Å². The number of imidazole rings is 1. The predicted octanol–water partition coefficient (Wildman–Crippen LogP) is 5.11. The van der Waals surface area contributed by atoms with Crippen molar-refractivity contribution in [2.24, 2.45) is 0 Å². The normalized spacial score (nSPS) is 17.2. The summed E-state index contributed by atoms with van der Waals surface area (Å²) < 4.78 is 5.71. The molecule has 0 spiro atoms. The lowest BCUT2D eigenvalue weighted by Crippen LogP contribution is -2.29. The first-order chi connectivity index (χ1) is 15.5. The summed E-state index contributed by atoms with van der Waals surface area (Å²) in [7, 11) is 0. The number of hydrogen-bond acceptors (Lipinski definition) is 5. The zero-order valence-electron chi connectivity index (χ0n) is 18.6. The molecule has 0 atom stereocenters. The lowest BCUT2D eigenvalue weighted by atomic mass is 10.1. The summed E-state index contributed by atoms with van der Waals surface area (Å²) in [6, 6.07) is 13.8. The first-order valence-electron chi connectivity index (χ1n) is 11.3. The molecule has 0 aliphatic carbocycles. The zero-order chi connectivity index (χ0) is 22.2. The van der Waals surface area contributed by atoms with Crippen molar-refractivity contribution in [3.63, 3.8) is 0 Å². The summed E-state index contributed by atoms with van der Waals surface area (Å²) in [5.41, 5.74) is 4.23. The standard InChI is InChI=1S/C25H29N5O2/c1-16(2)32-19-9-6-17(7-10-19)30-15-22(31)23(24(30)26)25-27-20-11-8-18(14-21(20)28-25)29-12-4-3-5-13-29/h6-11,14,16,26,31H,3-5,12-13,15H2,1-2H3,(H,27,28). The molecule has 0 unspecified atom stereocenters. The molecule has 2 aromatic carbocycles. The summed E-state index contributed by atoms with van der Waals surface area (Å²) in [5.74, 6) is 1.69. The SMILES string of the molecule is CC(C)Oc1ccc(N2CC(O)=C(c3nc4ccc(N5CCCCC5)cc4[nH]3)C2=N)cc1. The van der Waals surface area contributed by atoms with Gasteiger partial charge in [0.1, 0.15) is 23.2 Å². The largest absolute Gasteiger partial charge is 0.509 e.